The molecule has 2 fully saturated rings. The van der Waals surface area contributed by atoms with E-state index in [2.05, 4.69) is 5.32 Å². The van der Waals surface area contributed by atoms with Crippen LogP contribution in [0.5, 0.6) is 11.5 Å². The number of carbonyl (C=O) groups is 1. The van der Waals surface area contributed by atoms with E-state index in [1.807, 2.05) is 6.92 Å². The summed E-state index contributed by atoms with van der Waals surface area (Å²) in [6.07, 6.45) is 5.14. The summed E-state index contributed by atoms with van der Waals surface area (Å²) in [4.78, 5) is 12.2. The van der Waals surface area contributed by atoms with Gasteiger partial charge in [-0.25, -0.2) is 0 Å². The van der Waals surface area contributed by atoms with Crippen LogP contribution >= 0.6 is 0 Å². The van der Waals surface area contributed by atoms with Crippen molar-refractivity contribution in [2.75, 3.05) is 0 Å². The van der Waals surface area contributed by atoms with Crippen molar-refractivity contribution >= 4 is 5.91 Å². The second-order valence-corrected chi connectivity index (χ2v) is 6.27. The van der Waals surface area contributed by atoms with Gasteiger partial charge in [0.05, 0.1) is 5.56 Å². The predicted molar refractivity (Wildman–Crippen MR) is 75.6 cm³/mol. The number of rotatable bonds is 3. The number of nitrogens with one attached hydrogen (secondary N) is 1. The van der Waals surface area contributed by atoms with Crippen molar-refractivity contribution in [1.82, 2.24) is 5.32 Å². The highest BCUT2D eigenvalue weighted by molar-refractivity contribution is 5.97. The molecule has 4 atom stereocenters. The van der Waals surface area contributed by atoms with Crippen molar-refractivity contribution in [3.63, 3.8) is 0 Å². The first-order chi connectivity index (χ1) is 9.56. The van der Waals surface area contributed by atoms with Crippen molar-refractivity contribution < 1.29 is 15.0 Å². The third-order valence-corrected chi connectivity index (χ3v) is 5.05. The molecule has 0 radical (unpaired) electrons. The molecule has 0 heterocycles. The van der Waals surface area contributed by atoms with Crippen LogP contribution in [-0.4, -0.2) is 22.2 Å². The van der Waals surface area contributed by atoms with Crippen molar-refractivity contribution in [2.45, 2.75) is 38.6 Å². The second-order valence-electron chi connectivity index (χ2n) is 6.27. The summed E-state index contributed by atoms with van der Waals surface area (Å²) < 4.78 is 0. The van der Waals surface area contributed by atoms with Gasteiger partial charge in [-0.15, -0.1) is 0 Å². The molecule has 0 saturated heterocycles. The van der Waals surface area contributed by atoms with E-state index in [1.165, 1.54) is 37.8 Å². The maximum absolute atomic E-state index is 12.2. The highest BCUT2D eigenvalue weighted by Crippen LogP contribution is 2.49. The van der Waals surface area contributed by atoms with Crippen LogP contribution in [-0.2, 0) is 0 Å². The van der Waals surface area contributed by atoms with Gasteiger partial charge in [0, 0.05) is 6.04 Å². The minimum atomic E-state index is -0.342. The lowest BCUT2D eigenvalue weighted by atomic mass is 9.84. The van der Waals surface area contributed by atoms with E-state index >= 15 is 0 Å². The van der Waals surface area contributed by atoms with Crippen molar-refractivity contribution in [2.24, 2.45) is 17.8 Å². The first kappa shape index (κ1) is 13.3. The fraction of sp³-hybridized carbons (Fsp3) is 0.562. The van der Waals surface area contributed by atoms with Gasteiger partial charge >= 0.3 is 0 Å². The molecule has 2 saturated carbocycles. The van der Waals surface area contributed by atoms with Gasteiger partial charge in [-0.05, 0) is 56.1 Å². The molecule has 3 N–H and O–H groups in total. The molecular weight excluding hydrogens is 254 g/mol. The minimum absolute atomic E-state index is 0.111. The molecule has 2 aliphatic rings. The summed E-state index contributed by atoms with van der Waals surface area (Å²) in [7, 11) is 0. The Morgan fingerprint density at radius 1 is 1.30 bits per heavy atom. The predicted octanol–water partition coefficient (Wildman–Crippen LogP) is 2.65. The van der Waals surface area contributed by atoms with Gasteiger partial charge in [0.25, 0.3) is 5.91 Å². The van der Waals surface area contributed by atoms with E-state index < -0.39 is 0 Å². The maximum atomic E-state index is 12.2. The van der Waals surface area contributed by atoms with Crippen LogP contribution in [0.25, 0.3) is 0 Å². The first-order valence-electron chi connectivity index (χ1n) is 7.38. The van der Waals surface area contributed by atoms with Gasteiger partial charge in [0.1, 0.15) is 0 Å². The Balaban J connectivity index is 1.68. The molecule has 2 aliphatic carbocycles. The molecule has 2 bridgehead atoms. The third-order valence-electron chi connectivity index (χ3n) is 5.05. The van der Waals surface area contributed by atoms with Crippen molar-refractivity contribution in [1.29, 1.82) is 0 Å². The van der Waals surface area contributed by atoms with E-state index in [4.69, 9.17) is 0 Å². The zero-order valence-electron chi connectivity index (χ0n) is 11.7. The maximum Gasteiger partial charge on any atom is 0.255 e. The summed E-state index contributed by atoms with van der Waals surface area (Å²) >= 11 is 0. The van der Waals surface area contributed by atoms with E-state index in [-0.39, 0.29) is 29.0 Å². The SMILES string of the molecule is CC(NC(=O)c1cccc(O)c1O)C1CC2CCC1C2. The topological polar surface area (TPSA) is 69.6 Å². The number of fused-ring (bicyclic) bond motifs is 2. The summed E-state index contributed by atoms with van der Waals surface area (Å²) in [6.45, 7) is 2.04. The number of amides is 1. The average Bonchev–Trinajstić information content (AvgIpc) is 3.04. The van der Waals surface area contributed by atoms with Gasteiger partial charge in [-0.3, -0.25) is 4.79 Å². The summed E-state index contributed by atoms with van der Waals surface area (Å²) in [5.74, 6) is 1.23. The van der Waals surface area contributed by atoms with Gasteiger partial charge in [0.2, 0.25) is 0 Å². The number of benzene rings is 1. The highest BCUT2D eigenvalue weighted by Gasteiger charge is 2.42. The Hall–Kier alpha value is -1.71. The molecule has 0 aromatic heterocycles. The monoisotopic (exact) mass is 275 g/mol. The number of hydrogen-bond acceptors (Lipinski definition) is 3. The largest absolute Gasteiger partial charge is 0.504 e. The lowest BCUT2D eigenvalue weighted by Gasteiger charge is -2.28. The fourth-order valence-electron chi connectivity index (χ4n) is 4.01. The van der Waals surface area contributed by atoms with Crippen molar-refractivity contribution in [3.05, 3.63) is 23.8 Å². The van der Waals surface area contributed by atoms with Crippen molar-refractivity contribution in [3.8, 4) is 11.5 Å². The number of carbonyl (C=O) groups excluding carboxylic acids is 1. The molecule has 108 valence electrons. The molecule has 0 spiro atoms. The molecule has 1 aromatic carbocycles. The Bertz CT molecular complexity index is 528. The number of phenolic OH excluding ortho intramolecular Hbond substituents is 2. The third kappa shape index (κ3) is 2.23. The number of hydrogen-bond donors (Lipinski definition) is 3. The lowest BCUT2D eigenvalue weighted by Crippen LogP contribution is -2.40. The van der Waals surface area contributed by atoms with Gasteiger partial charge in [0.15, 0.2) is 11.5 Å². The van der Waals surface area contributed by atoms with E-state index in [0.717, 1.165) is 11.8 Å². The summed E-state index contributed by atoms with van der Waals surface area (Å²) in [6, 6.07) is 4.56. The Kier molecular flexibility index (Phi) is 3.32. The van der Waals surface area contributed by atoms with Crippen LogP contribution < -0.4 is 5.32 Å². The number of para-hydroxylation sites is 1. The molecule has 20 heavy (non-hydrogen) atoms. The number of aromatic hydroxyl groups is 2. The molecule has 4 nitrogen and oxygen atoms in total. The van der Waals surface area contributed by atoms with Gasteiger partial charge in [-0.1, -0.05) is 12.5 Å². The zero-order chi connectivity index (χ0) is 14.3. The summed E-state index contributed by atoms with van der Waals surface area (Å²) in [5, 5.41) is 22.2. The van der Waals surface area contributed by atoms with Gasteiger partial charge < -0.3 is 15.5 Å². The molecule has 3 rings (SSSR count). The Labute approximate surface area is 118 Å². The molecule has 0 aliphatic heterocycles. The minimum Gasteiger partial charge on any atom is -0.504 e. The second kappa shape index (κ2) is 5.00. The van der Waals surface area contributed by atoms with Crippen LogP contribution in [0, 0.1) is 17.8 Å². The first-order valence-corrected chi connectivity index (χ1v) is 7.38. The van der Waals surface area contributed by atoms with Crippen LogP contribution in [0.4, 0.5) is 0 Å². The normalized spacial score (nSPS) is 29.4. The lowest BCUT2D eigenvalue weighted by molar-refractivity contribution is 0.0912. The standard InChI is InChI=1S/C16H21NO3/c1-9(13-8-10-5-6-11(13)7-10)17-16(20)12-3-2-4-14(18)15(12)19/h2-4,9-11,13,18-19H,5-8H2,1H3,(H,17,20). The van der Waals surface area contributed by atoms with Crippen LogP contribution in [0.15, 0.2) is 18.2 Å². The molecule has 1 aromatic rings. The quantitative estimate of drug-likeness (QED) is 0.743. The Morgan fingerprint density at radius 2 is 2.10 bits per heavy atom. The highest BCUT2D eigenvalue weighted by atomic mass is 16.3. The zero-order valence-corrected chi connectivity index (χ0v) is 11.7. The average molecular weight is 275 g/mol. The Morgan fingerprint density at radius 3 is 2.75 bits per heavy atom. The number of phenols is 2. The summed E-state index contributed by atoms with van der Waals surface area (Å²) in [5.41, 5.74) is 0.139. The van der Waals surface area contributed by atoms with E-state index in [9.17, 15) is 15.0 Å². The molecule has 4 unspecified atom stereocenters. The van der Waals surface area contributed by atoms with Crippen LogP contribution in [0.3, 0.4) is 0 Å². The molecular formula is C16H21NO3. The van der Waals surface area contributed by atoms with Gasteiger partial charge in [-0.2, -0.15) is 0 Å². The van der Waals surface area contributed by atoms with E-state index in [1.54, 1.807) is 6.07 Å². The van der Waals surface area contributed by atoms with Crippen LogP contribution in [0.2, 0.25) is 0 Å². The smallest absolute Gasteiger partial charge is 0.255 e. The van der Waals surface area contributed by atoms with E-state index in [0.29, 0.717) is 5.92 Å². The van der Waals surface area contributed by atoms with Crippen LogP contribution in [0.1, 0.15) is 43.0 Å². The molecule has 4 heteroatoms. The molecule has 1 amide bonds. The fourth-order valence-corrected chi connectivity index (χ4v) is 4.01.